The third-order valence-corrected chi connectivity index (χ3v) is 4.02. The van der Waals surface area contributed by atoms with E-state index in [1.54, 1.807) is 30.3 Å². The molecule has 0 aliphatic carbocycles. The normalized spacial score (nSPS) is 11.9. The largest absolute Gasteiger partial charge is 0.296 e. The van der Waals surface area contributed by atoms with Gasteiger partial charge in [-0.15, -0.1) is 0 Å². The fraction of sp³-hybridized carbons (Fsp3) is 0.571. The molecule has 0 heterocycles. The van der Waals surface area contributed by atoms with Crippen LogP contribution in [0.2, 0.25) is 0 Å². The lowest BCUT2D eigenvalue weighted by Gasteiger charge is -2.06. The second-order valence-corrected chi connectivity index (χ2v) is 6.45. The fourth-order valence-electron chi connectivity index (χ4n) is 1.66. The van der Waals surface area contributed by atoms with Crippen molar-refractivity contribution in [3.63, 3.8) is 0 Å². The molecule has 1 rings (SSSR count). The van der Waals surface area contributed by atoms with Gasteiger partial charge in [0, 0.05) is 0 Å². The number of hydrogen-bond donors (Lipinski definition) is 0. The number of benzene rings is 1. The fourth-order valence-corrected chi connectivity index (χ4v) is 2.62. The van der Waals surface area contributed by atoms with Gasteiger partial charge in [-0.1, -0.05) is 51.3 Å². The van der Waals surface area contributed by atoms with Crippen molar-refractivity contribution in [2.75, 3.05) is 6.61 Å². The molecule has 0 saturated heterocycles. The van der Waals surface area contributed by atoms with Gasteiger partial charge in [0.25, 0.3) is 10.1 Å². The maximum Gasteiger partial charge on any atom is 0.296 e. The van der Waals surface area contributed by atoms with Crippen LogP contribution in [0, 0.1) is 5.92 Å². The van der Waals surface area contributed by atoms with Gasteiger partial charge < -0.3 is 0 Å². The van der Waals surface area contributed by atoms with Crippen LogP contribution < -0.4 is 0 Å². The molecule has 0 aromatic heterocycles. The van der Waals surface area contributed by atoms with Crippen molar-refractivity contribution in [1.29, 1.82) is 0 Å². The average Bonchev–Trinajstić information content (AvgIpc) is 2.34. The summed E-state index contributed by atoms with van der Waals surface area (Å²) in [5, 5.41) is 0. The first-order valence-electron chi connectivity index (χ1n) is 6.47. The third-order valence-electron chi connectivity index (χ3n) is 2.70. The quantitative estimate of drug-likeness (QED) is 0.535. The van der Waals surface area contributed by atoms with E-state index in [9.17, 15) is 8.42 Å². The molecule has 0 N–H and O–H groups in total. The standard InChI is InChI=1S/C14H22O3S/c1-13(2)9-5-4-8-12-17-18(15,16)14-10-6-3-7-11-14/h3,6-7,10-11,13H,4-5,8-9,12H2,1-2H3. The van der Waals surface area contributed by atoms with Crippen LogP contribution in [0.4, 0.5) is 0 Å². The van der Waals surface area contributed by atoms with Crippen LogP contribution in [0.5, 0.6) is 0 Å². The van der Waals surface area contributed by atoms with E-state index in [1.807, 2.05) is 0 Å². The smallest absolute Gasteiger partial charge is 0.266 e. The molecule has 0 atom stereocenters. The lowest BCUT2D eigenvalue weighted by atomic mass is 10.1. The van der Waals surface area contributed by atoms with Crippen molar-refractivity contribution in [2.24, 2.45) is 5.92 Å². The van der Waals surface area contributed by atoms with Gasteiger partial charge in [-0.2, -0.15) is 8.42 Å². The molecule has 4 heteroatoms. The molecule has 0 bridgehead atoms. The van der Waals surface area contributed by atoms with Gasteiger partial charge in [0.15, 0.2) is 0 Å². The van der Waals surface area contributed by atoms with Crippen LogP contribution in [-0.2, 0) is 14.3 Å². The van der Waals surface area contributed by atoms with E-state index in [0.717, 1.165) is 19.3 Å². The van der Waals surface area contributed by atoms with Gasteiger partial charge in [0.05, 0.1) is 11.5 Å². The third kappa shape index (κ3) is 5.65. The minimum absolute atomic E-state index is 0.229. The second kappa shape index (κ2) is 7.54. The molecule has 0 amide bonds. The maximum absolute atomic E-state index is 11.8. The highest BCUT2D eigenvalue weighted by molar-refractivity contribution is 7.86. The van der Waals surface area contributed by atoms with Gasteiger partial charge in [-0.25, -0.2) is 0 Å². The van der Waals surface area contributed by atoms with Crippen LogP contribution in [-0.4, -0.2) is 15.0 Å². The Morgan fingerprint density at radius 2 is 1.72 bits per heavy atom. The van der Waals surface area contributed by atoms with Gasteiger partial charge in [-0.05, 0) is 24.5 Å². The molecule has 0 unspecified atom stereocenters. The summed E-state index contributed by atoms with van der Waals surface area (Å²) < 4.78 is 28.5. The van der Waals surface area contributed by atoms with Gasteiger partial charge in [0.1, 0.15) is 0 Å². The topological polar surface area (TPSA) is 43.4 Å². The monoisotopic (exact) mass is 270 g/mol. The van der Waals surface area contributed by atoms with Crippen molar-refractivity contribution in [3.05, 3.63) is 30.3 Å². The first-order valence-corrected chi connectivity index (χ1v) is 7.87. The Morgan fingerprint density at radius 1 is 1.06 bits per heavy atom. The highest BCUT2D eigenvalue weighted by atomic mass is 32.2. The maximum atomic E-state index is 11.8. The van der Waals surface area contributed by atoms with E-state index in [-0.39, 0.29) is 11.5 Å². The van der Waals surface area contributed by atoms with E-state index < -0.39 is 10.1 Å². The Balaban J connectivity index is 2.27. The molecule has 1 aromatic rings. The molecular weight excluding hydrogens is 248 g/mol. The molecule has 0 aliphatic heterocycles. The Bertz CT molecular complexity index is 424. The number of hydrogen-bond acceptors (Lipinski definition) is 3. The number of unbranched alkanes of at least 4 members (excludes halogenated alkanes) is 2. The van der Waals surface area contributed by atoms with Crippen molar-refractivity contribution >= 4 is 10.1 Å². The summed E-state index contributed by atoms with van der Waals surface area (Å²) in [6.45, 7) is 4.65. The summed E-state index contributed by atoms with van der Waals surface area (Å²) in [5.74, 6) is 0.707. The van der Waals surface area contributed by atoms with Crippen molar-refractivity contribution in [3.8, 4) is 0 Å². The zero-order valence-corrected chi connectivity index (χ0v) is 11.9. The Labute approximate surface area is 110 Å². The molecule has 3 nitrogen and oxygen atoms in total. The Kier molecular flexibility index (Phi) is 6.36. The highest BCUT2D eigenvalue weighted by Gasteiger charge is 2.13. The molecule has 0 saturated carbocycles. The van der Waals surface area contributed by atoms with Crippen LogP contribution in [0.15, 0.2) is 35.2 Å². The predicted molar refractivity (Wildman–Crippen MR) is 72.9 cm³/mol. The van der Waals surface area contributed by atoms with Crippen LogP contribution in [0.1, 0.15) is 39.5 Å². The Hall–Kier alpha value is -0.870. The van der Waals surface area contributed by atoms with E-state index in [2.05, 4.69) is 13.8 Å². The lowest BCUT2D eigenvalue weighted by Crippen LogP contribution is -2.07. The minimum atomic E-state index is -3.56. The summed E-state index contributed by atoms with van der Waals surface area (Å²) in [6, 6.07) is 8.27. The zero-order chi connectivity index (χ0) is 13.4. The molecule has 1 aromatic carbocycles. The zero-order valence-electron chi connectivity index (χ0n) is 11.1. The number of rotatable bonds is 8. The lowest BCUT2D eigenvalue weighted by molar-refractivity contribution is 0.305. The van der Waals surface area contributed by atoms with Crippen molar-refractivity contribution in [1.82, 2.24) is 0 Å². The van der Waals surface area contributed by atoms with Crippen LogP contribution in [0.3, 0.4) is 0 Å². The molecule has 18 heavy (non-hydrogen) atoms. The SMILES string of the molecule is CC(C)CCCCCOS(=O)(=O)c1ccccc1. The van der Waals surface area contributed by atoms with E-state index in [1.165, 1.54) is 6.42 Å². The first kappa shape index (κ1) is 15.2. The van der Waals surface area contributed by atoms with Crippen molar-refractivity contribution in [2.45, 2.75) is 44.4 Å². The summed E-state index contributed by atoms with van der Waals surface area (Å²) in [5.41, 5.74) is 0. The molecule has 0 radical (unpaired) electrons. The predicted octanol–water partition coefficient (Wildman–Crippen LogP) is 3.61. The molecular formula is C14H22O3S. The average molecular weight is 270 g/mol. The molecule has 0 fully saturated rings. The summed E-state index contributed by atoms with van der Waals surface area (Å²) >= 11 is 0. The molecule has 0 spiro atoms. The molecule has 102 valence electrons. The van der Waals surface area contributed by atoms with Crippen LogP contribution >= 0.6 is 0 Å². The summed E-state index contributed by atoms with van der Waals surface area (Å²) in [7, 11) is -3.56. The minimum Gasteiger partial charge on any atom is -0.266 e. The van der Waals surface area contributed by atoms with Gasteiger partial charge in [0.2, 0.25) is 0 Å². The van der Waals surface area contributed by atoms with E-state index >= 15 is 0 Å². The van der Waals surface area contributed by atoms with Gasteiger partial charge >= 0.3 is 0 Å². The second-order valence-electron chi connectivity index (χ2n) is 4.83. The van der Waals surface area contributed by atoms with E-state index in [0.29, 0.717) is 5.92 Å². The Morgan fingerprint density at radius 3 is 2.33 bits per heavy atom. The van der Waals surface area contributed by atoms with Crippen molar-refractivity contribution < 1.29 is 12.6 Å². The molecule has 0 aliphatic rings. The van der Waals surface area contributed by atoms with Crippen LogP contribution in [0.25, 0.3) is 0 Å². The summed E-state index contributed by atoms with van der Waals surface area (Å²) in [4.78, 5) is 0.229. The van der Waals surface area contributed by atoms with E-state index in [4.69, 9.17) is 4.18 Å². The highest BCUT2D eigenvalue weighted by Crippen LogP contribution is 2.13. The first-order chi connectivity index (χ1) is 8.52. The summed E-state index contributed by atoms with van der Waals surface area (Å²) in [6.07, 6.45) is 4.12. The van der Waals surface area contributed by atoms with Gasteiger partial charge in [-0.3, -0.25) is 4.18 Å².